The maximum atomic E-state index is 12.2. The average Bonchev–Trinajstić information content (AvgIpc) is 3.08. The van der Waals surface area contributed by atoms with Gasteiger partial charge in [0.1, 0.15) is 0 Å². The second-order valence-electron chi connectivity index (χ2n) is 4.86. The third-order valence-electron chi connectivity index (χ3n) is 3.55. The molecule has 3 heterocycles. The fourth-order valence-corrected chi connectivity index (χ4v) is 2.98. The number of tetrazole rings is 1. The minimum absolute atomic E-state index is 0.0360. The normalized spacial score (nSPS) is 18.3. The van der Waals surface area contributed by atoms with Crippen molar-refractivity contribution in [2.24, 2.45) is 5.92 Å². The van der Waals surface area contributed by atoms with Crippen molar-refractivity contribution in [1.29, 1.82) is 0 Å². The Morgan fingerprint density at radius 1 is 1.50 bits per heavy atom. The summed E-state index contributed by atoms with van der Waals surface area (Å²) < 4.78 is 1.79. The molecule has 20 heavy (non-hydrogen) atoms. The van der Waals surface area contributed by atoms with Gasteiger partial charge in [-0.15, -0.1) is 16.4 Å². The van der Waals surface area contributed by atoms with Gasteiger partial charge in [-0.3, -0.25) is 4.79 Å². The summed E-state index contributed by atoms with van der Waals surface area (Å²) in [4.78, 5) is 16.4. The third kappa shape index (κ3) is 3.01. The lowest BCUT2D eigenvalue weighted by molar-refractivity contribution is -0.125. The molecule has 7 nitrogen and oxygen atoms in total. The van der Waals surface area contributed by atoms with Gasteiger partial charge in [-0.25, -0.2) is 9.67 Å². The fourth-order valence-electron chi connectivity index (χ4n) is 2.38. The van der Waals surface area contributed by atoms with Gasteiger partial charge in [0.05, 0.1) is 11.2 Å². The van der Waals surface area contributed by atoms with E-state index >= 15 is 0 Å². The number of amides is 1. The Morgan fingerprint density at radius 3 is 3.30 bits per heavy atom. The zero-order valence-corrected chi connectivity index (χ0v) is 11.8. The van der Waals surface area contributed by atoms with Gasteiger partial charge in [-0.1, -0.05) is 0 Å². The van der Waals surface area contributed by atoms with Gasteiger partial charge < -0.3 is 5.32 Å². The summed E-state index contributed by atoms with van der Waals surface area (Å²) in [7, 11) is 0. The molecule has 2 aromatic heterocycles. The second kappa shape index (κ2) is 6.08. The van der Waals surface area contributed by atoms with E-state index in [1.165, 1.54) is 0 Å². The van der Waals surface area contributed by atoms with Crippen molar-refractivity contribution >= 4 is 17.2 Å². The SMILES string of the molecule is O=C(NCCc1cscn1)C1CCc2nnnn2CC1. The molecule has 1 aliphatic heterocycles. The first-order chi connectivity index (χ1) is 9.83. The lowest BCUT2D eigenvalue weighted by atomic mass is 9.99. The first-order valence-electron chi connectivity index (χ1n) is 6.73. The molecule has 8 heteroatoms. The molecule has 1 N–H and O–H groups in total. The number of rotatable bonds is 4. The minimum atomic E-state index is 0.0360. The summed E-state index contributed by atoms with van der Waals surface area (Å²) in [6, 6.07) is 0. The van der Waals surface area contributed by atoms with E-state index in [0.717, 1.165) is 37.2 Å². The van der Waals surface area contributed by atoms with Crippen LogP contribution in [0.1, 0.15) is 24.4 Å². The molecule has 3 rings (SSSR count). The predicted molar refractivity (Wildman–Crippen MR) is 73.1 cm³/mol. The molecule has 106 valence electrons. The molecule has 1 amide bonds. The largest absolute Gasteiger partial charge is 0.355 e. The molecule has 0 spiro atoms. The zero-order chi connectivity index (χ0) is 13.8. The van der Waals surface area contributed by atoms with E-state index in [2.05, 4.69) is 25.8 Å². The zero-order valence-electron chi connectivity index (χ0n) is 11.0. The van der Waals surface area contributed by atoms with Crippen LogP contribution < -0.4 is 5.32 Å². The van der Waals surface area contributed by atoms with E-state index < -0.39 is 0 Å². The van der Waals surface area contributed by atoms with Crippen LogP contribution in [0, 0.1) is 5.92 Å². The lowest BCUT2D eigenvalue weighted by Crippen LogP contribution is -2.32. The molecular formula is C12H16N6OS. The summed E-state index contributed by atoms with van der Waals surface area (Å²) in [5.74, 6) is 1.04. The molecule has 0 aromatic carbocycles. The highest BCUT2D eigenvalue weighted by molar-refractivity contribution is 7.07. The van der Waals surface area contributed by atoms with Crippen LogP contribution in [0.5, 0.6) is 0 Å². The first-order valence-corrected chi connectivity index (χ1v) is 7.67. The van der Waals surface area contributed by atoms with Crippen LogP contribution in [-0.2, 0) is 24.2 Å². The van der Waals surface area contributed by atoms with Crippen LogP contribution >= 0.6 is 11.3 Å². The molecule has 1 atom stereocenters. The number of nitrogens with one attached hydrogen (secondary N) is 1. The van der Waals surface area contributed by atoms with Gasteiger partial charge in [-0.05, 0) is 23.3 Å². The number of hydrogen-bond donors (Lipinski definition) is 1. The van der Waals surface area contributed by atoms with Crippen LogP contribution in [0.4, 0.5) is 0 Å². The molecule has 0 aliphatic carbocycles. The molecule has 0 fully saturated rings. The van der Waals surface area contributed by atoms with Gasteiger partial charge in [-0.2, -0.15) is 0 Å². The fraction of sp³-hybridized carbons (Fsp3) is 0.583. The number of thiazole rings is 1. The Kier molecular flexibility index (Phi) is 4.00. The Bertz CT molecular complexity index is 544. The van der Waals surface area contributed by atoms with Crippen molar-refractivity contribution in [2.75, 3.05) is 6.54 Å². The van der Waals surface area contributed by atoms with Gasteiger partial charge in [0.15, 0.2) is 5.82 Å². The summed E-state index contributed by atoms with van der Waals surface area (Å²) in [6.45, 7) is 1.36. The van der Waals surface area contributed by atoms with Crippen molar-refractivity contribution < 1.29 is 4.79 Å². The van der Waals surface area contributed by atoms with Crippen LogP contribution in [-0.4, -0.2) is 37.6 Å². The maximum Gasteiger partial charge on any atom is 0.223 e. The monoisotopic (exact) mass is 292 g/mol. The highest BCUT2D eigenvalue weighted by Crippen LogP contribution is 2.17. The summed E-state index contributed by atoms with van der Waals surface area (Å²) in [6.07, 6.45) is 3.15. The molecular weight excluding hydrogens is 276 g/mol. The molecule has 1 aliphatic rings. The molecule has 0 saturated heterocycles. The number of carbonyl (C=O) groups excluding carboxylic acids is 1. The van der Waals surface area contributed by atoms with Gasteiger partial charge in [0.25, 0.3) is 0 Å². The van der Waals surface area contributed by atoms with E-state index in [1.54, 1.807) is 16.0 Å². The van der Waals surface area contributed by atoms with E-state index in [9.17, 15) is 4.79 Å². The van der Waals surface area contributed by atoms with E-state index in [4.69, 9.17) is 0 Å². The van der Waals surface area contributed by atoms with Crippen LogP contribution in [0.2, 0.25) is 0 Å². The standard InChI is InChI=1S/C12H16N6OS/c19-12(13-5-3-10-7-20-8-14-10)9-1-2-11-15-16-17-18(11)6-4-9/h7-9H,1-6H2,(H,13,19). The Hall–Kier alpha value is -1.83. The molecule has 0 bridgehead atoms. The Morgan fingerprint density at radius 2 is 2.45 bits per heavy atom. The number of hydrogen-bond acceptors (Lipinski definition) is 6. The third-order valence-corrected chi connectivity index (χ3v) is 4.18. The lowest BCUT2D eigenvalue weighted by Gasteiger charge is -2.13. The Labute approximate surface area is 120 Å². The molecule has 2 aromatic rings. The minimum Gasteiger partial charge on any atom is -0.355 e. The van der Waals surface area contributed by atoms with Crippen LogP contribution in [0.15, 0.2) is 10.9 Å². The van der Waals surface area contributed by atoms with Crippen molar-refractivity contribution in [2.45, 2.75) is 32.2 Å². The van der Waals surface area contributed by atoms with Crippen LogP contribution in [0.25, 0.3) is 0 Å². The van der Waals surface area contributed by atoms with Crippen LogP contribution in [0.3, 0.4) is 0 Å². The second-order valence-corrected chi connectivity index (χ2v) is 5.58. The first kappa shape index (κ1) is 13.2. The van der Waals surface area contributed by atoms with E-state index in [1.807, 2.05) is 10.9 Å². The topological polar surface area (TPSA) is 85.6 Å². The Balaban J connectivity index is 1.47. The van der Waals surface area contributed by atoms with E-state index in [-0.39, 0.29) is 11.8 Å². The number of aromatic nitrogens is 5. The van der Waals surface area contributed by atoms with Crippen molar-refractivity contribution in [3.63, 3.8) is 0 Å². The number of nitrogens with zero attached hydrogens (tertiary/aromatic N) is 5. The summed E-state index contributed by atoms with van der Waals surface area (Å²) in [5.41, 5.74) is 2.84. The quantitative estimate of drug-likeness (QED) is 0.884. The van der Waals surface area contributed by atoms with E-state index in [0.29, 0.717) is 13.1 Å². The van der Waals surface area contributed by atoms with Crippen molar-refractivity contribution in [1.82, 2.24) is 30.5 Å². The molecule has 0 radical (unpaired) electrons. The maximum absolute atomic E-state index is 12.2. The van der Waals surface area contributed by atoms with Crippen molar-refractivity contribution in [3.8, 4) is 0 Å². The smallest absolute Gasteiger partial charge is 0.223 e. The molecule has 0 saturated carbocycles. The number of carbonyl (C=O) groups is 1. The highest BCUT2D eigenvalue weighted by atomic mass is 32.1. The summed E-state index contributed by atoms with van der Waals surface area (Å²) >= 11 is 1.58. The van der Waals surface area contributed by atoms with Gasteiger partial charge in [0.2, 0.25) is 5.91 Å². The average molecular weight is 292 g/mol. The van der Waals surface area contributed by atoms with Gasteiger partial charge >= 0.3 is 0 Å². The van der Waals surface area contributed by atoms with Gasteiger partial charge in [0, 0.05) is 37.2 Å². The highest BCUT2D eigenvalue weighted by Gasteiger charge is 2.23. The predicted octanol–water partition coefficient (Wildman–Crippen LogP) is 0.441. The summed E-state index contributed by atoms with van der Waals surface area (Å²) in [5, 5.41) is 16.5. The van der Waals surface area contributed by atoms with Crippen molar-refractivity contribution in [3.05, 3.63) is 22.4 Å². The number of fused-ring (bicyclic) bond motifs is 1. The molecule has 1 unspecified atom stereocenters. The number of aryl methyl sites for hydroxylation is 2.